The van der Waals surface area contributed by atoms with Crippen molar-refractivity contribution in [2.24, 2.45) is 0 Å². The molecule has 2 aromatic carbocycles. The van der Waals surface area contributed by atoms with E-state index in [1.807, 2.05) is 74.5 Å². The highest BCUT2D eigenvalue weighted by Gasteiger charge is 2.17. The molecule has 3 aromatic rings. The van der Waals surface area contributed by atoms with Crippen LogP contribution < -0.4 is 5.32 Å². The molecule has 0 unspecified atom stereocenters. The maximum atomic E-state index is 12.3. The number of hydrogen-bond donors (Lipinski definition) is 1. The molecule has 1 amide bonds. The van der Waals surface area contributed by atoms with Crippen LogP contribution in [0.15, 0.2) is 60.7 Å². The van der Waals surface area contributed by atoms with Gasteiger partial charge in [-0.05, 0) is 11.1 Å². The second kappa shape index (κ2) is 8.69. The first-order valence-corrected chi connectivity index (χ1v) is 9.30. The number of benzene rings is 2. The zero-order valence-electron chi connectivity index (χ0n) is 14.8. The fourth-order valence-corrected chi connectivity index (χ4v) is 3.24. The molecule has 0 spiro atoms. The number of amides is 1. The molecular weight excluding hydrogens is 346 g/mol. The third-order valence-corrected chi connectivity index (χ3v) is 4.91. The molecule has 134 valence electrons. The number of anilines is 1. The summed E-state index contributed by atoms with van der Waals surface area (Å²) < 4.78 is 5.95. The molecule has 0 aliphatic rings. The summed E-state index contributed by atoms with van der Waals surface area (Å²) in [5.41, 5.74) is 2.01. The summed E-state index contributed by atoms with van der Waals surface area (Å²) in [6.07, 6.45) is -0.302. The SMILES string of the molecule is CC(C)c1nnc(NC(=O)COC(c2ccccc2)c2ccccc2)s1. The van der Waals surface area contributed by atoms with Crippen LogP contribution in [0.2, 0.25) is 0 Å². The van der Waals surface area contributed by atoms with Crippen molar-refractivity contribution in [3.8, 4) is 0 Å². The van der Waals surface area contributed by atoms with Gasteiger partial charge in [0.15, 0.2) is 0 Å². The zero-order chi connectivity index (χ0) is 18.4. The third-order valence-electron chi connectivity index (χ3n) is 3.77. The summed E-state index contributed by atoms with van der Waals surface area (Å²) in [7, 11) is 0. The summed E-state index contributed by atoms with van der Waals surface area (Å²) in [4.78, 5) is 12.3. The molecule has 1 N–H and O–H groups in total. The second-order valence-electron chi connectivity index (χ2n) is 6.16. The van der Waals surface area contributed by atoms with Crippen LogP contribution in [0, 0.1) is 0 Å². The van der Waals surface area contributed by atoms with Crippen molar-refractivity contribution in [2.45, 2.75) is 25.9 Å². The Morgan fingerprint density at radius 2 is 1.58 bits per heavy atom. The Morgan fingerprint density at radius 3 is 2.08 bits per heavy atom. The summed E-state index contributed by atoms with van der Waals surface area (Å²) in [5, 5.41) is 12.2. The van der Waals surface area contributed by atoms with E-state index in [0.717, 1.165) is 16.1 Å². The van der Waals surface area contributed by atoms with Gasteiger partial charge in [0.2, 0.25) is 5.13 Å². The lowest BCUT2D eigenvalue weighted by Gasteiger charge is -2.18. The van der Waals surface area contributed by atoms with Crippen LogP contribution in [0.3, 0.4) is 0 Å². The number of hydrogen-bond acceptors (Lipinski definition) is 5. The molecule has 0 saturated heterocycles. The lowest BCUT2D eigenvalue weighted by Crippen LogP contribution is -2.20. The number of aromatic nitrogens is 2. The lowest BCUT2D eigenvalue weighted by atomic mass is 10.0. The van der Waals surface area contributed by atoms with E-state index in [1.54, 1.807) is 0 Å². The average molecular weight is 367 g/mol. The van der Waals surface area contributed by atoms with Crippen molar-refractivity contribution < 1.29 is 9.53 Å². The van der Waals surface area contributed by atoms with Crippen LogP contribution in [0.4, 0.5) is 5.13 Å². The Morgan fingerprint density at radius 1 is 1.00 bits per heavy atom. The zero-order valence-corrected chi connectivity index (χ0v) is 15.6. The molecule has 1 aromatic heterocycles. The third kappa shape index (κ3) is 4.74. The predicted molar refractivity (Wildman–Crippen MR) is 103 cm³/mol. The minimum atomic E-state index is -0.302. The molecule has 0 bridgehead atoms. The second-order valence-corrected chi connectivity index (χ2v) is 7.17. The van der Waals surface area contributed by atoms with Gasteiger partial charge in [-0.25, -0.2) is 0 Å². The lowest BCUT2D eigenvalue weighted by molar-refractivity contribution is -0.121. The van der Waals surface area contributed by atoms with E-state index in [0.29, 0.717) is 5.13 Å². The van der Waals surface area contributed by atoms with Crippen LogP contribution in [-0.4, -0.2) is 22.7 Å². The first kappa shape index (κ1) is 18.2. The van der Waals surface area contributed by atoms with E-state index >= 15 is 0 Å². The van der Waals surface area contributed by atoms with Gasteiger partial charge in [-0.15, -0.1) is 10.2 Å². The maximum Gasteiger partial charge on any atom is 0.252 e. The fraction of sp³-hybridized carbons (Fsp3) is 0.250. The van der Waals surface area contributed by atoms with E-state index in [9.17, 15) is 4.79 Å². The fourth-order valence-electron chi connectivity index (χ4n) is 2.47. The van der Waals surface area contributed by atoms with Gasteiger partial charge in [0.1, 0.15) is 17.7 Å². The largest absolute Gasteiger partial charge is 0.359 e. The van der Waals surface area contributed by atoms with Gasteiger partial charge in [-0.3, -0.25) is 10.1 Å². The Kier molecular flexibility index (Phi) is 6.09. The molecule has 5 nitrogen and oxygen atoms in total. The van der Waals surface area contributed by atoms with Crippen molar-refractivity contribution in [1.82, 2.24) is 10.2 Å². The van der Waals surface area contributed by atoms with E-state index in [2.05, 4.69) is 15.5 Å². The number of nitrogens with one attached hydrogen (secondary N) is 1. The van der Waals surface area contributed by atoms with E-state index in [4.69, 9.17) is 4.74 Å². The first-order valence-electron chi connectivity index (χ1n) is 8.48. The predicted octanol–water partition coefficient (Wildman–Crippen LogP) is 4.41. The van der Waals surface area contributed by atoms with E-state index in [-0.39, 0.29) is 24.5 Å². The normalized spacial score (nSPS) is 11.1. The topological polar surface area (TPSA) is 64.1 Å². The highest BCUT2D eigenvalue weighted by molar-refractivity contribution is 7.15. The van der Waals surface area contributed by atoms with Crippen molar-refractivity contribution in [3.05, 3.63) is 76.8 Å². The smallest absolute Gasteiger partial charge is 0.252 e. The quantitative estimate of drug-likeness (QED) is 0.672. The van der Waals surface area contributed by atoms with Gasteiger partial charge in [0, 0.05) is 5.92 Å². The van der Waals surface area contributed by atoms with Crippen LogP contribution in [0.1, 0.15) is 42.0 Å². The van der Waals surface area contributed by atoms with Crippen LogP contribution >= 0.6 is 11.3 Å². The van der Waals surface area contributed by atoms with Crippen LogP contribution in [0.5, 0.6) is 0 Å². The van der Waals surface area contributed by atoms with E-state index < -0.39 is 0 Å². The van der Waals surface area contributed by atoms with Crippen LogP contribution in [0.25, 0.3) is 0 Å². The Balaban J connectivity index is 1.66. The van der Waals surface area contributed by atoms with Crippen molar-refractivity contribution in [2.75, 3.05) is 11.9 Å². The highest BCUT2D eigenvalue weighted by Crippen LogP contribution is 2.26. The summed E-state index contributed by atoms with van der Waals surface area (Å²) >= 11 is 1.39. The van der Waals surface area contributed by atoms with Gasteiger partial charge in [0.05, 0.1) is 0 Å². The minimum Gasteiger partial charge on any atom is -0.359 e. The Bertz CT molecular complexity index is 795. The van der Waals surface area contributed by atoms with Crippen molar-refractivity contribution >= 4 is 22.4 Å². The van der Waals surface area contributed by atoms with Gasteiger partial charge >= 0.3 is 0 Å². The molecule has 1 heterocycles. The molecule has 6 heteroatoms. The number of nitrogens with zero attached hydrogens (tertiary/aromatic N) is 2. The molecule has 26 heavy (non-hydrogen) atoms. The van der Waals surface area contributed by atoms with Crippen molar-refractivity contribution in [1.29, 1.82) is 0 Å². The molecule has 0 aliphatic carbocycles. The first-order chi connectivity index (χ1) is 12.6. The standard InChI is InChI=1S/C20H21N3O2S/c1-14(2)19-22-23-20(26-19)21-17(24)13-25-18(15-9-5-3-6-10-15)16-11-7-4-8-12-16/h3-12,14,18H,13H2,1-2H3,(H,21,23,24). The average Bonchev–Trinajstić information content (AvgIpc) is 3.12. The number of carbonyl (C=O) groups excluding carboxylic acids is 1. The summed E-state index contributed by atoms with van der Waals surface area (Å²) in [5.74, 6) is 0.0447. The minimum absolute atomic E-state index is 0.0644. The Hall–Kier alpha value is -2.57. The Labute approximate surface area is 157 Å². The van der Waals surface area contributed by atoms with Gasteiger partial charge in [-0.2, -0.15) is 0 Å². The van der Waals surface area contributed by atoms with Gasteiger partial charge in [-0.1, -0.05) is 85.8 Å². The van der Waals surface area contributed by atoms with E-state index in [1.165, 1.54) is 11.3 Å². The number of rotatable bonds is 7. The maximum absolute atomic E-state index is 12.3. The molecule has 3 rings (SSSR count). The molecule has 0 fully saturated rings. The van der Waals surface area contributed by atoms with Gasteiger partial charge < -0.3 is 4.74 Å². The molecular formula is C20H21N3O2S. The summed E-state index contributed by atoms with van der Waals surface area (Å²) in [6.45, 7) is 4.02. The van der Waals surface area contributed by atoms with Crippen molar-refractivity contribution in [3.63, 3.8) is 0 Å². The molecule has 0 radical (unpaired) electrons. The monoisotopic (exact) mass is 367 g/mol. The summed E-state index contributed by atoms with van der Waals surface area (Å²) in [6, 6.07) is 19.7. The number of carbonyl (C=O) groups is 1. The van der Waals surface area contributed by atoms with Gasteiger partial charge in [0.25, 0.3) is 5.91 Å². The molecule has 0 atom stereocenters. The molecule has 0 saturated carbocycles. The highest BCUT2D eigenvalue weighted by atomic mass is 32.1. The number of ether oxygens (including phenoxy) is 1. The van der Waals surface area contributed by atoms with Crippen LogP contribution in [-0.2, 0) is 9.53 Å². The molecule has 0 aliphatic heterocycles.